The first kappa shape index (κ1) is 32.1. The molecule has 0 radical (unpaired) electrons. The summed E-state index contributed by atoms with van der Waals surface area (Å²) in [7, 11) is 3.55. The molecule has 5 aromatic rings. The molecule has 0 unspecified atom stereocenters. The van der Waals surface area contributed by atoms with Gasteiger partial charge >= 0.3 is 0 Å². The van der Waals surface area contributed by atoms with Gasteiger partial charge in [-0.05, 0) is 30.2 Å². The number of methoxy groups -OCH3 is 1. The molecule has 246 valence electrons. The van der Waals surface area contributed by atoms with Crippen molar-refractivity contribution in [1.82, 2.24) is 30.3 Å². The molecule has 2 aromatic carbocycles. The third kappa shape index (κ3) is 6.12. The predicted molar refractivity (Wildman–Crippen MR) is 190 cm³/mol. The molecule has 0 spiro atoms. The SMILES string of the molecule is COc1nc(-c2cccc(-c3cccc(-c4ccn5c(=O)c6c(nc5c4)N(C)CCNC6)c3Cl)c2Cl)ccc1CNC[C@H]1CCC(=O)N1. The highest BCUT2D eigenvalue weighted by atomic mass is 35.5. The van der Waals surface area contributed by atoms with Crippen molar-refractivity contribution in [3.05, 3.63) is 98.4 Å². The summed E-state index contributed by atoms with van der Waals surface area (Å²) in [6.07, 6.45) is 3.16. The molecule has 7 rings (SSSR count). The third-order valence-corrected chi connectivity index (χ3v) is 9.80. The van der Waals surface area contributed by atoms with E-state index in [-0.39, 0.29) is 17.5 Å². The van der Waals surface area contributed by atoms with Gasteiger partial charge in [0.05, 0.1) is 28.4 Å². The molecule has 0 bridgehead atoms. The van der Waals surface area contributed by atoms with E-state index >= 15 is 0 Å². The number of benzene rings is 2. The van der Waals surface area contributed by atoms with Gasteiger partial charge in [-0.3, -0.25) is 14.0 Å². The number of pyridine rings is 2. The van der Waals surface area contributed by atoms with E-state index < -0.39 is 0 Å². The zero-order valence-corrected chi connectivity index (χ0v) is 28.2. The summed E-state index contributed by atoms with van der Waals surface area (Å²) >= 11 is 14.2. The molecular weight excluding hydrogens is 649 g/mol. The van der Waals surface area contributed by atoms with Gasteiger partial charge in [0, 0.05) is 86.2 Å². The summed E-state index contributed by atoms with van der Waals surface area (Å²) in [4.78, 5) is 36.6. The van der Waals surface area contributed by atoms with Gasteiger partial charge in [0.15, 0.2) is 0 Å². The van der Waals surface area contributed by atoms with Gasteiger partial charge in [0.1, 0.15) is 11.5 Å². The number of fused-ring (bicyclic) bond motifs is 2. The van der Waals surface area contributed by atoms with Crippen LogP contribution in [-0.4, -0.2) is 60.1 Å². The lowest BCUT2D eigenvalue weighted by atomic mass is 9.97. The number of likely N-dealkylation sites (N-methyl/N-ethyl adjacent to an activating group) is 1. The Morgan fingerprint density at radius 2 is 1.73 bits per heavy atom. The van der Waals surface area contributed by atoms with Crippen molar-refractivity contribution in [1.29, 1.82) is 0 Å². The van der Waals surface area contributed by atoms with E-state index in [1.807, 2.05) is 72.6 Å². The van der Waals surface area contributed by atoms with E-state index in [9.17, 15) is 9.59 Å². The Balaban J connectivity index is 1.19. The zero-order chi connectivity index (χ0) is 33.4. The van der Waals surface area contributed by atoms with Crippen LogP contribution < -0.4 is 31.1 Å². The molecule has 1 amide bonds. The van der Waals surface area contributed by atoms with Crippen LogP contribution in [0.3, 0.4) is 0 Å². The molecule has 0 saturated carbocycles. The van der Waals surface area contributed by atoms with Crippen LogP contribution in [0.15, 0.2) is 71.7 Å². The van der Waals surface area contributed by atoms with Gasteiger partial charge in [-0.25, -0.2) is 9.97 Å². The number of carbonyl (C=O) groups excluding carboxylic acids is 1. The van der Waals surface area contributed by atoms with Crippen molar-refractivity contribution in [3.63, 3.8) is 0 Å². The van der Waals surface area contributed by atoms with Gasteiger partial charge in [-0.1, -0.05) is 65.7 Å². The van der Waals surface area contributed by atoms with E-state index in [1.165, 1.54) is 0 Å². The largest absolute Gasteiger partial charge is 0.481 e. The maximum absolute atomic E-state index is 13.4. The molecule has 1 saturated heterocycles. The Morgan fingerprint density at radius 1 is 0.979 bits per heavy atom. The normalized spacial score (nSPS) is 16.1. The minimum atomic E-state index is -0.0835. The Kier molecular flexibility index (Phi) is 9.07. The van der Waals surface area contributed by atoms with Crippen molar-refractivity contribution in [2.45, 2.75) is 32.0 Å². The average molecular weight is 685 g/mol. The number of nitrogens with one attached hydrogen (secondary N) is 3. The fourth-order valence-corrected chi connectivity index (χ4v) is 7.07. The first-order chi connectivity index (χ1) is 23.3. The zero-order valence-electron chi connectivity index (χ0n) is 26.6. The Bertz CT molecular complexity index is 2100. The highest BCUT2D eigenvalue weighted by Gasteiger charge is 2.22. The van der Waals surface area contributed by atoms with Gasteiger partial charge in [0.25, 0.3) is 5.56 Å². The lowest BCUT2D eigenvalue weighted by Crippen LogP contribution is -2.35. The number of nitrogens with zero attached hydrogens (tertiary/aromatic N) is 4. The Hall–Kier alpha value is -4.48. The summed E-state index contributed by atoms with van der Waals surface area (Å²) < 4.78 is 7.23. The van der Waals surface area contributed by atoms with Crippen molar-refractivity contribution in [2.24, 2.45) is 0 Å². The monoisotopic (exact) mass is 683 g/mol. The van der Waals surface area contributed by atoms with E-state index in [1.54, 1.807) is 17.7 Å². The standard InChI is InChI=1S/C36H35Cl2N7O3/c1-44-16-14-39-20-28-34(44)43-30-17-21(13-15-45(30)36(28)47)24-5-3-6-25(32(24)37)26-7-4-8-27(33(26)38)29-11-9-22(35(42-29)48-2)18-40-19-23-10-12-31(46)41-23/h3-9,11,13,15,17,23,39-40H,10,12,14,16,18-20H2,1-2H3,(H,41,46)/t23-/m1/s1. The Labute approximate surface area is 288 Å². The van der Waals surface area contributed by atoms with Crippen molar-refractivity contribution < 1.29 is 9.53 Å². The highest BCUT2D eigenvalue weighted by Crippen LogP contribution is 2.42. The number of halogens is 2. The predicted octanol–water partition coefficient (Wildman–Crippen LogP) is 5.31. The summed E-state index contributed by atoms with van der Waals surface area (Å²) in [5.41, 5.74) is 6.61. The maximum Gasteiger partial charge on any atom is 0.264 e. The van der Waals surface area contributed by atoms with Gasteiger partial charge in [0.2, 0.25) is 11.8 Å². The summed E-state index contributed by atoms with van der Waals surface area (Å²) in [5, 5.41) is 10.7. The molecule has 5 heterocycles. The molecule has 48 heavy (non-hydrogen) atoms. The summed E-state index contributed by atoms with van der Waals surface area (Å²) in [6.45, 7) is 3.25. The molecule has 3 N–H and O–H groups in total. The van der Waals surface area contributed by atoms with E-state index in [4.69, 9.17) is 37.9 Å². The topological polar surface area (TPSA) is 113 Å². The van der Waals surface area contributed by atoms with Crippen LogP contribution in [0.5, 0.6) is 5.88 Å². The number of rotatable bonds is 8. The first-order valence-electron chi connectivity index (χ1n) is 15.9. The molecule has 2 aliphatic rings. The minimum absolute atomic E-state index is 0.0835. The van der Waals surface area contributed by atoms with Crippen molar-refractivity contribution >= 4 is 40.6 Å². The third-order valence-electron chi connectivity index (χ3n) is 8.99. The van der Waals surface area contributed by atoms with Crippen molar-refractivity contribution in [3.8, 4) is 39.4 Å². The van der Waals surface area contributed by atoms with Crippen LogP contribution >= 0.6 is 23.2 Å². The number of amides is 1. The molecule has 0 aliphatic carbocycles. The van der Waals surface area contributed by atoms with E-state index in [2.05, 4.69) is 16.0 Å². The molecule has 2 aliphatic heterocycles. The molecule has 12 heteroatoms. The maximum atomic E-state index is 13.4. The summed E-state index contributed by atoms with van der Waals surface area (Å²) in [6, 6.07) is 19.5. The quantitative estimate of drug-likeness (QED) is 0.202. The fourth-order valence-electron chi connectivity index (χ4n) is 6.41. The second-order valence-corrected chi connectivity index (χ2v) is 12.9. The average Bonchev–Trinajstić information content (AvgIpc) is 3.42. The van der Waals surface area contributed by atoms with Crippen molar-refractivity contribution in [2.75, 3.05) is 38.7 Å². The number of hydrogen-bond donors (Lipinski definition) is 3. The Morgan fingerprint density at radius 3 is 2.48 bits per heavy atom. The molecule has 1 atom stereocenters. The molecular formula is C36H35Cl2N7O3. The molecule has 1 fully saturated rings. The number of hydrogen-bond acceptors (Lipinski definition) is 8. The number of anilines is 1. The van der Waals surface area contributed by atoms with Crippen LogP contribution in [0.25, 0.3) is 39.2 Å². The number of aromatic nitrogens is 3. The van der Waals surface area contributed by atoms with E-state index in [0.717, 1.165) is 52.9 Å². The van der Waals surface area contributed by atoms with Crippen LogP contribution in [0, 0.1) is 0 Å². The minimum Gasteiger partial charge on any atom is -0.481 e. The van der Waals surface area contributed by atoms with E-state index in [0.29, 0.717) is 64.7 Å². The van der Waals surface area contributed by atoms with Crippen LogP contribution in [0.1, 0.15) is 24.0 Å². The second kappa shape index (κ2) is 13.6. The number of carbonyl (C=O) groups is 1. The van der Waals surface area contributed by atoms with Crippen LogP contribution in [0.4, 0.5) is 5.82 Å². The highest BCUT2D eigenvalue weighted by molar-refractivity contribution is 6.39. The smallest absolute Gasteiger partial charge is 0.264 e. The van der Waals surface area contributed by atoms with Gasteiger partial charge < -0.3 is 25.6 Å². The summed E-state index contributed by atoms with van der Waals surface area (Å²) in [5.74, 6) is 1.29. The number of ether oxygens (including phenoxy) is 1. The fraction of sp³-hybridized carbons (Fsp3) is 0.278. The molecule has 10 nitrogen and oxygen atoms in total. The first-order valence-corrected chi connectivity index (χ1v) is 16.7. The van der Waals surface area contributed by atoms with Gasteiger partial charge in [-0.2, -0.15) is 0 Å². The van der Waals surface area contributed by atoms with Gasteiger partial charge in [-0.15, -0.1) is 0 Å². The lowest BCUT2D eigenvalue weighted by molar-refractivity contribution is -0.119. The lowest BCUT2D eigenvalue weighted by Gasteiger charge is -2.18. The second-order valence-electron chi connectivity index (χ2n) is 12.1. The van der Waals surface area contributed by atoms with Crippen LogP contribution in [0.2, 0.25) is 10.0 Å². The van der Waals surface area contributed by atoms with Crippen LogP contribution in [-0.2, 0) is 17.9 Å². The molecule has 3 aromatic heterocycles.